The van der Waals surface area contributed by atoms with E-state index in [1.807, 2.05) is 42.1 Å². The Balaban J connectivity index is 2.02. The van der Waals surface area contributed by atoms with Gasteiger partial charge in [-0.2, -0.15) is 11.8 Å². The molecule has 0 bridgehead atoms. The second kappa shape index (κ2) is 7.55. The van der Waals surface area contributed by atoms with Crippen molar-refractivity contribution in [3.63, 3.8) is 0 Å². The number of thioether (sulfide) groups is 1. The van der Waals surface area contributed by atoms with Crippen molar-refractivity contribution in [2.24, 2.45) is 10.9 Å². The second-order valence-corrected chi connectivity index (χ2v) is 6.28. The molecule has 0 aromatic heterocycles. The lowest BCUT2D eigenvalue weighted by Crippen LogP contribution is -2.40. The first kappa shape index (κ1) is 15.2. The summed E-state index contributed by atoms with van der Waals surface area (Å²) in [4.78, 5) is 0. The Bertz CT molecular complexity index is 438. The molecule has 0 spiro atoms. The number of hydrogen-bond acceptors (Lipinski definition) is 4. The van der Waals surface area contributed by atoms with E-state index in [0.717, 1.165) is 5.56 Å². The van der Waals surface area contributed by atoms with Gasteiger partial charge in [0.1, 0.15) is 5.84 Å². The number of nitrogens with zero attached hydrogens (tertiary/aromatic N) is 1. The first-order valence-electron chi connectivity index (χ1n) is 7.04. The predicted molar refractivity (Wildman–Crippen MR) is 85.5 cm³/mol. The SMILES string of the molecule is CSC1CCCC1NCC(/C(N)=N/O)c1ccccc1. The van der Waals surface area contributed by atoms with Crippen LogP contribution >= 0.6 is 11.8 Å². The summed E-state index contributed by atoms with van der Waals surface area (Å²) in [5.41, 5.74) is 6.93. The molecule has 0 aliphatic heterocycles. The molecule has 1 aromatic rings. The Morgan fingerprint density at radius 3 is 2.85 bits per heavy atom. The zero-order chi connectivity index (χ0) is 14.4. The van der Waals surface area contributed by atoms with Gasteiger partial charge in [0.2, 0.25) is 0 Å². The molecule has 0 heterocycles. The Morgan fingerprint density at radius 2 is 2.20 bits per heavy atom. The van der Waals surface area contributed by atoms with Gasteiger partial charge in [-0.15, -0.1) is 0 Å². The van der Waals surface area contributed by atoms with Crippen LogP contribution in [0, 0.1) is 0 Å². The number of amidine groups is 1. The average Bonchev–Trinajstić information content (AvgIpc) is 2.95. The van der Waals surface area contributed by atoms with Gasteiger partial charge in [0.25, 0.3) is 0 Å². The molecule has 4 nitrogen and oxygen atoms in total. The van der Waals surface area contributed by atoms with E-state index < -0.39 is 0 Å². The lowest BCUT2D eigenvalue weighted by molar-refractivity contribution is 0.315. The molecule has 1 aliphatic rings. The highest BCUT2D eigenvalue weighted by Gasteiger charge is 2.27. The summed E-state index contributed by atoms with van der Waals surface area (Å²) in [5.74, 6) is 0.187. The van der Waals surface area contributed by atoms with Crippen molar-refractivity contribution < 1.29 is 5.21 Å². The summed E-state index contributed by atoms with van der Waals surface area (Å²) in [6, 6.07) is 10.5. The fourth-order valence-corrected chi connectivity index (χ4v) is 3.82. The summed E-state index contributed by atoms with van der Waals surface area (Å²) in [5, 5.41) is 16.5. The molecule has 2 rings (SSSR count). The van der Waals surface area contributed by atoms with Crippen molar-refractivity contribution in [3.8, 4) is 0 Å². The number of oxime groups is 1. The van der Waals surface area contributed by atoms with Gasteiger partial charge >= 0.3 is 0 Å². The van der Waals surface area contributed by atoms with E-state index in [1.54, 1.807) is 0 Å². The zero-order valence-electron chi connectivity index (χ0n) is 11.8. The summed E-state index contributed by atoms with van der Waals surface area (Å²) in [6.45, 7) is 0.710. The van der Waals surface area contributed by atoms with Crippen LogP contribution < -0.4 is 11.1 Å². The molecule has 110 valence electrons. The summed E-state index contributed by atoms with van der Waals surface area (Å²) < 4.78 is 0. The highest BCUT2D eigenvalue weighted by Crippen LogP contribution is 2.28. The fraction of sp³-hybridized carbons (Fsp3) is 0.533. The number of benzene rings is 1. The summed E-state index contributed by atoms with van der Waals surface area (Å²) in [6.07, 6.45) is 5.94. The molecule has 0 saturated heterocycles. The highest BCUT2D eigenvalue weighted by atomic mass is 32.2. The van der Waals surface area contributed by atoms with Crippen molar-refractivity contribution >= 4 is 17.6 Å². The molecule has 1 saturated carbocycles. The van der Waals surface area contributed by atoms with E-state index >= 15 is 0 Å². The predicted octanol–water partition coefficient (Wildman–Crippen LogP) is 2.39. The first-order valence-corrected chi connectivity index (χ1v) is 8.33. The molecule has 1 fully saturated rings. The van der Waals surface area contributed by atoms with Gasteiger partial charge in [-0.3, -0.25) is 0 Å². The van der Waals surface area contributed by atoms with E-state index in [2.05, 4.69) is 16.7 Å². The van der Waals surface area contributed by atoms with Crippen LogP contribution in [0.5, 0.6) is 0 Å². The van der Waals surface area contributed by atoms with Crippen LogP contribution in [0.3, 0.4) is 0 Å². The van der Waals surface area contributed by atoms with Crippen molar-refractivity contribution in [1.82, 2.24) is 5.32 Å². The molecule has 20 heavy (non-hydrogen) atoms. The third-order valence-corrected chi connectivity index (χ3v) is 5.18. The molecule has 3 unspecified atom stereocenters. The smallest absolute Gasteiger partial charge is 0.147 e. The van der Waals surface area contributed by atoms with Gasteiger partial charge in [0.05, 0.1) is 5.92 Å². The Kier molecular flexibility index (Phi) is 5.73. The van der Waals surface area contributed by atoms with E-state index in [9.17, 15) is 0 Å². The molecule has 5 heteroatoms. The quantitative estimate of drug-likeness (QED) is 0.326. The van der Waals surface area contributed by atoms with E-state index in [0.29, 0.717) is 17.8 Å². The van der Waals surface area contributed by atoms with Crippen LogP contribution in [0.1, 0.15) is 30.7 Å². The van der Waals surface area contributed by atoms with Crippen molar-refractivity contribution in [3.05, 3.63) is 35.9 Å². The van der Waals surface area contributed by atoms with Gasteiger partial charge in [-0.05, 0) is 24.7 Å². The second-order valence-electron chi connectivity index (χ2n) is 5.21. The van der Waals surface area contributed by atoms with Crippen molar-refractivity contribution in [1.29, 1.82) is 0 Å². The first-order chi connectivity index (χ1) is 9.76. The third kappa shape index (κ3) is 3.67. The lowest BCUT2D eigenvalue weighted by atomic mass is 9.97. The number of hydrogen-bond donors (Lipinski definition) is 3. The van der Waals surface area contributed by atoms with Crippen LogP contribution in [0.2, 0.25) is 0 Å². The topological polar surface area (TPSA) is 70.6 Å². The van der Waals surface area contributed by atoms with Crippen LogP contribution in [0.4, 0.5) is 0 Å². The Labute approximate surface area is 124 Å². The molecule has 4 N–H and O–H groups in total. The van der Waals surface area contributed by atoms with Gasteiger partial charge in [-0.1, -0.05) is 41.9 Å². The van der Waals surface area contributed by atoms with Gasteiger partial charge < -0.3 is 16.3 Å². The summed E-state index contributed by atoms with van der Waals surface area (Å²) in [7, 11) is 0. The van der Waals surface area contributed by atoms with Crippen LogP contribution in [0.15, 0.2) is 35.5 Å². The molecular weight excluding hydrogens is 270 g/mol. The maximum absolute atomic E-state index is 8.99. The van der Waals surface area contributed by atoms with E-state index in [1.165, 1.54) is 19.3 Å². The standard InChI is InChI=1S/C15H23N3OS/c1-20-14-9-5-8-13(14)17-10-12(15(16)18-19)11-6-3-2-4-7-11/h2-4,6-7,12-14,17,19H,5,8-10H2,1H3,(H2,16,18). The normalized spacial score (nSPS) is 24.8. The maximum atomic E-state index is 8.99. The molecule has 0 amide bonds. The maximum Gasteiger partial charge on any atom is 0.147 e. The van der Waals surface area contributed by atoms with Crippen LogP contribution in [-0.4, -0.2) is 35.1 Å². The van der Waals surface area contributed by atoms with E-state index in [4.69, 9.17) is 10.9 Å². The van der Waals surface area contributed by atoms with Gasteiger partial charge in [0, 0.05) is 17.8 Å². The lowest BCUT2D eigenvalue weighted by Gasteiger charge is -2.23. The van der Waals surface area contributed by atoms with Gasteiger partial charge in [0.15, 0.2) is 0 Å². The Morgan fingerprint density at radius 1 is 1.45 bits per heavy atom. The third-order valence-electron chi connectivity index (χ3n) is 4.01. The number of nitrogens with one attached hydrogen (secondary N) is 1. The zero-order valence-corrected chi connectivity index (χ0v) is 12.6. The van der Waals surface area contributed by atoms with Crippen LogP contribution in [0.25, 0.3) is 0 Å². The molecule has 1 aromatic carbocycles. The minimum atomic E-state index is -0.0793. The molecule has 0 radical (unpaired) electrons. The average molecular weight is 293 g/mol. The summed E-state index contributed by atoms with van der Waals surface area (Å²) >= 11 is 1.93. The van der Waals surface area contributed by atoms with Crippen molar-refractivity contribution in [2.75, 3.05) is 12.8 Å². The monoisotopic (exact) mass is 293 g/mol. The minimum absolute atomic E-state index is 0.0793. The molecule has 1 aliphatic carbocycles. The molecule has 3 atom stereocenters. The minimum Gasteiger partial charge on any atom is -0.409 e. The number of rotatable bonds is 6. The van der Waals surface area contributed by atoms with Crippen molar-refractivity contribution in [2.45, 2.75) is 36.5 Å². The molecular formula is C15H23N3OS. The highest BCUT2D eigenvalue weighted by molar-refractivity contribution is 7.99. The Hall–Kier alpha value is -1.20. The van der Waals surface area contributed by atoms with Gasteiger partial charge in [-0.25, -0.2) is 0 Å². The fourth-order valence-electron chi connectivity index (χ4n) is 2.86. The number of nitrogens with two attached hydrogens (primary N) is 1. The van der Waals surface area contributed by atoms with Crippen LogP contribution in [-0.2, 0) is 0 Å². The van der Waals surface area contributed by atoms with E-state index in [-0.39, 0.29) is 11.8 Å². The largest absolute Gasteiger partial charge is 0.409 e.